The smallest absolute Gasteiger partial charge is 0.295 e. The van der Waals surface area contributed by atoms with Gasteiger partial charge in [0, 0.05) is 19.5 Å². The minimum Gasteiger partial charge on any atom is -0.429 e. The highest BCUT2D eigenvalue weighted by Crippen LogP contribution is 2.27. The third-order valence-electron chi connectivity index (χ3n) is 5.02. The van der Waals surface area contributed by atoms with Crippen molar-refractivity contribution in [3.63, 3.8) is 0 Å². The van der Waals surface area contributed by atoms with Crippen LogP contribution in [0.15, 0.2) is 24.3 Å². The van der Waals surface area contributed by atoms with Gasteiger partial charge in [0.15, 0.2) is 0 Å². The summed E-state index contributed by atoms with van der Waals surface area (Å²) in [5, 5.41) is 0. The number of hydrogen-bond acceptors (Lipinski definition) is 3. The van der Waals surface area contributed by atoms with Crippen molar-refractivity contribution in [2.45, 2.75) is 77.1 Å². The highest BCUT2D eigenvalue weighted by atomic mass is 19.2. The molecule has 0 N–H and O–H groups in total. The first kappa shape index (κ1) is 19.9. The summed E-state index contributed by atoms with van der Waals surface area (Å²) in [5.41, 5.74) is 2.56. The molecule has 1 aliphatic rings. The molecule has 4 heteroatoms. The molecule has 140 valence electrons. The van der Waals surface area contributed by atoms with E-state index in [9.17, 15) is 9.18 Å². The van der Waals surface area contributed by atoms with Crippen LogP contribution in [0.1, 0.15) is 69.4 Å². The van der Waals surface area contributed by atoms with E-state index in [2.05, 4.69) is 35.9 Å². The fourth-order valence-corrected chi connectivity index (χ4v) is 3.49. The van der Waals surface area contributed by atoms with Crippen molar-refractivity contribution in [3.8, 4) is 0 Å². The Bertz CT molecular complexity index is 505. The van der Waals surface area contributed by atoms with E-state index < -0.39 is 5.85 Å². The second-order valence-corrected chi connectivity index (χ2v) is 7.25. The lowest BCUT2D eigenvalue weighted by molar-refractivity contribution is -0.162. The summed E-state index contributed by atoms with van der Waals surface area (Å²) in [7, 11) is 0. The monoisotopic (exact) mass is 349 g/mol. The van der Waals surface area contributed by atoms with Gasteiger partial charge in [-0.15, -0.1) is 0 Å². The molecule has 1 aromatic carbocycles. The van der Waals surface area contributed by atoms with Crippen LogP contribution in [-0.4, -0.2) is 30.3 Å². The number of halogens is 1. The summed E-state index contributed by atoms with van der Waals surface area (Å²) in [5.74, 6) is -1.81. The maximum absolute atomic E-state index is 14.1. The van der Waals surface area contributed by atoms with Crippen LogP contribution < -0.4 is 0 Å². The van der Waals surface area contributed by atoms with Crippen LogP contribution in [0.25, 0.3) is 0 Å². The molecular formula is C21H32FNO2. The van der Waals surface area contributed by atoms with Crippen LogP contribution in [0.2, 0.25) is 0 Å². The third kappa shape index (κ3) is 7.15. The zero-order valence-electron chi connectivity index (χ0n) is 15.5. The van der Waals surface area contributed by atoms with Gasteiger partial charge in [-0.1, -0.05) is 69.7 Å². The number of nitrogens with zero attached hydrogens (tertiary/aromatic N) is 1. The predicted octanol–water partition coefficient (Wildman–Crippen LogP) is 5.02. The molecule has 0 spiro atoms. The average molecular weight is 349 g/mol. The number of alkyl halides is 1. The molecule has 0 aliphatic carbocycles. The lowest BCUT2D eigenvalue weighted by Gasteiger charge is -2.19. The van der Waals surface area contributed by atoms with Gasteiger partial charge >= 0.3 is 0 Å². The molecule has 2 rings (SSSR count). The number of carbonyl (C=O) groups excluding carboxylic acids is 1. The SMILES string of the molecule is CCCCCCCCCc1ccc(CN2CCC(F)(OC=O)C2)cc1. The minimum absolute atomic E-state index is 0.158. The summed E-state index contributed by atoms with van der Waals surface area (Å²) in [6, 6.07) is 8.64. The first-order valence-corrected chi connectivity index (χ1v) is 9.76. The summed E-state index contributed by atoms with van der Waals surface area (Å²) in [6.45, 7) is 3.93. The van der Waals surface area contributed by atoms with Gasteiger partial charge in [0.05, 0.1) is 6.54 Å². The van der Waals surface area contributed by atoms with E-state index >= 15 is 0 Å². The quantitative estimate of drug-likeness (QED) is 0.392. The van der Waals surface area contributed by atoms with Crippen molar-refractivity contribution in [1.82, 2.24) is 4.90 Å². The lowest BCUT2D eigenvalue weighted by atomic mass is 10.0. The number of benzene rings is 1. The summed E-state index contributed by atoms with van der Waals surface area (Å²) in [4.78, 5) is 12.4. The van der Waals surface area contributed by atoms with E-state index in [4.69, 9.17) is 0 Å². The first-order chi connectivity index (χ1) is 12.1. The molecule has 1 aliphatic heterocycles. The van der Waals surface area contributed by atoms with Crippen molar-refractivity contribution >= 4 is 6.47 Å². The van der Waals surface area contributed by atoms with Crippen molar-refractivity contribution in [2.24, 2.45) is 0 Å². The first-order valence-electron chi connectivity index (χ1n) is 9.76. The van der Waals surface area contributed by atoms with Crippen LogP contribution in [0.5, 0.6) is 0 Å². The van der Waals surface area contributed by atoms with E-state index in [-0.39, 0.29) is 19.4 Å². The highest BCUT2D eigenvalue weighted by molar-refractivity contribution is 5.38. The highest BCUT2D eigenvalue weighted by Gasteiger charge is 2.39. The maximum Gasteiger partial charge on any atom is 0.295 e. The summed E-state index contributed by atoms with van der Waals surface area (Å²) in [6.07, 6.45) is 10.7. The van der Waals surface area contributed by atoms with Gasteiger partial charge in [0.2, 0.25) is 0 Å². The normalized spacial score (nSPS) is 20.7. The van der Waals surface area contributed by atoms with Crippen molar-refractivity contribution in [3.05, 3.63) is 35.4 Å². The number of ether oxygens (including phenoxy) is 1. The average Bonchev–Trinajstić information content (AvgIpc) is 2.96. The molecule has 0 amide bonds. The number of unbranched alkanes of at least 4 members (excludes halogenated alkanes) is 6. The zero-order valence-corrected chi connectivity index (χ0v) is 15.5. The Hall–Kier alpha value is -1.42. The standard InChI is InChI=1S/C21H32FNO2/c1-2-3-4-5-6-7-8-9-19-10-12-20(13-11-19)16-23-15-14-21(22,17-23)25-18-24/h10-13,18H,2-9,14-17H2,1H3. The molecule has 1 fully saturated rings. The van der Waals surface area contributed by atoms with Crippen LogP contribution >= 0.6 is 0 Å². The van der Waals surface area contributed by atoms with Crippen LogP contribution in [0, 0.1) is 0 Å². The molecule has 1 atom stereocenters. The predicted molar refractivity (Wildman–Crippen MR) is 99.0 cm³/mol. The van der Waals surface area contributed by atoms with Gasteiger partial charge in [-0.3, -0.25) is 9.69 Å². The van der Waals surface area contributed by atoms with Gasteiger partial charge in [0.1, 0.15) is 0 Å². The van der Waals surface area contributed by atoms with E-state index in [0.717, 1.165) is 6.42 Å². The van der Waals surface area contributed by atoms with Gasteiger partial charge in [0.25, 0.3) is 12.3 Å². The van der Waals surface area contributed by atoms with Crippen LogP contribution in [0.4, 0.5) is 4.39 Å². The number of aryl methyl sites for hydroxylation is 1. The third-order valence-corrected chi connectivity index (χ3v) is 5.02. The molecule has 0 saturated carbocycles. The second kappa shape index (κ2) is 10.5. The fraction of sp³-hybridized carbons (Fsp3) is 0.667. The second-order valence-electron chi connectivity index (χ2n) is 7.25. The molecule has 0 bridgehead atoms. The topological polar surface area (TPSA) is 29.5 Å². The maximum atomic E-state index is 14.1. The van der Waals surface area contributed by atoms with Gasteiger partial charge in [-0.25, -0.2) is 0 Å². The number of carbonyl (C=O) groups is 1. The summed E-state index contributed by atoms with van der Waals surface area (Å²) < 4.78 is 18.7. The Balaban J connectivity index is 1.65. The number of rotatable bonds is 12. The van der Waals surface area contributed by atoms with E-state index in [1.54, 1.807) is 0 Å². The Morgan fingerprint density at radius 2 is 1.72 bits per heavy atom. The van der Waals surface area contributed by atoms with Crippen molar-refractivity contribution in [2.75, 3.05) is 13.1 Å². The molecule has 1 saturated heterocycles. The zero-order chi connectivity index (χ0) is 18.0. The van der Waals surface area contributed by atoms with Gasteiger partial charge in [-0.2, -0.15) is 4.39 Å². The molecule has 3 nitrogen and oxygen atoms in total. The van der Waals surface area contributed by atoms with Crippen molar-refractivity contribution in [1.29, 1.82) is 0 Å². The van der Waals surface area contributed by atoms with Crippen LogP contribution in [-0.2, 0) is 22.5 Å². The minimum atomic E-state index is -1.81. The Kier molecular flexibility index (Phi) is 8.39. The van der Waals surface area contributed by atoms with Gasteiger partial charge in [-0.05, 0) is 24.0 Å². The lowest BCUT2D eigenvalue weighted by Crippen LogP contribution is -2.31. The largest absolute Gasteiger partial charge is 0.429 e. The van der Waals surface area contributed by atoms with E-state index in [1.165, 1.54) is 56.1 Å². The summed E-state index contributed by atoms with van der Waals surface area (Å²) >= 11 is 0. The molecule has 1 unspecified atom stereocenters. The Morgan fingerprint density at radius 3 is 2.40 bits per heavy atom. The molecule has 1 aromatic rings. The number of likely N-dealkylation sites (tertiary alicyclic amines) is 1. The molecule has 0 aromatic heterocycles. The molecule has 25 heavy (non-hydrogen) atoms. The fourth-order valence-electron chi connectivity index (χ4n) is 3.49. The van der Waals surface area contributed by atoms with Crippen molar-refractivity contribution < 1.29 is 13.9 Å². The van der Waals surface area contributed by atoms with E-state index in [0.29, 0.717) is 13.1 Å². The Labute approximate surface area is 151 Å². The van der Waals surface area contributed by atoms with Crippen LogP contribution in [0.3, 0.4) is 0 Å². The molecule has 1 heterocycles. The van der Waals surface area contributed by atoms with Gasteiger partial charge < -0.3 is 4.74 Å². The molecule has 0 radical (unpaired) electrons. The molecular weight excluding hydrogens is 317 g/mol. The Morgan fingerprint density at radius 1 is 1.08 bits per heavy atom. The number of hydrogen-bond donors (Lipinski definition) is 0. The van der Waals surface area contributed by atoms with E-state index in [1.807, 2.05) is 4.90 Å².